The smallest absolute Gasteiger partial charge is 0.410 e. The molecule has 2 saturated heterocycles. The fourth-order valence-electron chi connectivity index (χ4n) is 3.48. The molecule has 1 aromatic rings. The fourth-order valence-corrected chi connectivity index (χ4v) is 4.62. The highest BCUT2D eigenvalue weighted by atomic mass is 32.2. The molecule has 0 unspecified atom stereocenters. The first-order valence-corrected chi connectivity index (χ1v) is 10.6. The molecule has 0 bridgehead atoms. The molecule has 0 atom stereocenters. The van der Waals surface area contributed by atoms with Crippen LogP contribution < -0.4 is 0 Å². The van der Waals surface area contributed by atoms with Crippen molar-refractivity contribution < 1.29 is 22.7 Å². The predicted octanol–water partition coefficient (Wildman–Crippen LogP) is 1.14. The highest BCUT2D eigenvalue weighted by molar-refractivity contribution is 7.89. The number of cyclic esters (lactones) is 1. The fraction of sp³-hybridized carbons (Fsp3) is 0.556. The van der Waals surface area contributed by atoms with Gasteiger partial charge in [0.15, 0.2) is 0 Å². The number of likely N-dealkylation sites (tertiary alicyclic amines) is 1. The quantitative estimate of drug-likeness (QED) is 0.746. The zero-order valence-electron chi connectivity index (χ0n) is 15.4. The Morgan fingerprint density at radius 2 is 1.85 bits per heavy atom. The van der Waals surface area contributed by atoms with Crippen molar-refractivity contribution in [3.8, 4) is 0 Å². The van der Waals surface area contributed by atoms with Gasteiger partial charge in [-0.1, -0.05) is 18.2 Å². The molecule has 2 amide bonds. The van der Waals surface area contributed by atoms with E-state index in [1.807, 2.05) is 0 Å². The van der Waals surface area contributed by atoms with E-state index in [1.54, 1.807) is 28.0 Å². The first kappa shape index (κ1) is 19.6. The summed E-state index contributed by atoms with van der Waals surface area (Å²) in [5.74, 6) is -0.225. The van der Waals surface area contributed by atoms with Gasteiger partial charge in [0.2, 0.25) is 15.9 Å². The van der Waals surface area contributed by atoms with Gasteiger partial charge in [-0.2, -0.15) is 4.31 Å². The zero-order chi connectivity index (χ0) is 19.4. The largest absolute Gasteiger partial charge is 0.449 e. The van der Waals surface area contributed by atoms with Crippen molar-refractivity contribution in [2.45, 2.75) is 30.2 Å². The van der Waals surface area contributed by atoms with Gasteiger partial charge in [0, 0.05) is 32.7 Å². The van der Waals surface area contributed by atoms with Crippen LogP contribution in [0.4, 0.5) is 4.79 Å². The monoisotopic (exact) mass is 395 g/mol. The van der Waals surface area contributed by atoms with Crippen molar-refractivity contribution in [2.75, 3.05) is 39.8 Å². The molecule has 0 saturated carbocycles. The van der Waals surface area contributed by atoms with E-state index in [9.17, 15) is 18.0 Å². The molecular weight excluding hydrogens is 370 g/mol. The Balaban J connectivity index is 1.54. The van der Waals surface area contributed by atoms with Crippen molar-refractivity contribution in [3.63, 3.8) is 0 Å². The van der Waals surface area contributed by atoms with Gasteiger partial charge in [0.05, 0.1) is 18.0 Å². The molecule has 1 aromatic carbocycles. The molecule has 3 rings (SSSR count). The minimum absolute atomic E-state index is 0.0765. The van der Waals surface area contributed by atoms with Crippen LogP contribution in [0.5, 0.6) is 0 Å². The van der Waals surface area contributed by atoms with Crippen LogP contribution in [0.3, 0.4) is 0 Å². The molecule has 9 heteroatoms. The summed E-state index contributed by atoms with van der Waals surface area (Å²) in [6.45, 7) is 1.97. The van der Waals surface area contributed by atoms with Crippen molar-refractivity contribution in [1.29, 1.82) is 0 Å². The molecule has 0 aromatic heterocycles. The number of carbonyl (C=O) groups is 2. The SMILES string of the molecule is CN(CC(=O)N1CCC(N2CCCOC2=O)CC1)S(=O)(=O)c1ccccc1. The van der Waals surface area contributed by atoms with Crippen molar-refractivity contribution in [2.24, 2.45) is 0 Å². The molecule has 2 heterocycles. The normalized spacial score (nSPS) is 19.3. The minimum atomic E-state index is -3.69. The average molecular weight is 395 g/mol. The second-order valence-corrected chi connectivity index (χ2v) is 8.89. The van der Waals surface area contributed by atoms with E-state index < -0.39 is 10.0 Å². The Labute approximate surface area is 159 Å². The van der Waals surface area contributed by atoms with E-state index in [-0.39, 0.29) is 29.5 Å². The first-order chi connectivity index (χ1) is 12.9. The number of piperidine rings is 1. The Bertz CT molecular complexity index is 775. The molecule has 2 aliphatic heterocycles. The van der Waals surface area contributed by atoms with Gasteiger partial charge < -0.3 is 14.5 Å². The summed E-state index contributed by atoms with van der Waals surface area (Å²) in [6.07, 6.45) is 1.90. The molecule has 2 fully saturated rings. The molecule has 148 valence electrons. The molecule has 2 aliphatic rings. The number of carbonyl (C=O) groups excluding carboxylic acids is 2. The summed E-state index contributed by atoms with van der Waals surface area (Å²) in [4.78, 5) is 28.0. The van der Waals surface area contributed by atoms with Crippen molar-refractivity contribution in [1.82, 2.24) is 14.1 Å². The lowest BCUT2D eigenvalue weighted by molar-refractivity contribution is -0.132. The lowest BCUT2D eigenvalue weighted by Crippen LogP contribution is -2.52. The van der Waals surface area contributed by atoms with Crippen LogP contribution in [0, 0.1) is 0 Å². The maximum Gasteiger partial charge on any atom is 0.410 e. The van der Waals surface area contributed by atoms with E-state index in [1.165, 1.54) is 19.2 Å². The van der Waals surface area contributed by atoms with Gasteiger partial charge in [0.1, 0.15) is 0 Å². The molecule has 8 nitrogen and oxygen atoms in total. The van der Waals surface area contributed by atoms with Crippen LogP contribution in [-0.4, -0.2) is 80.4 Å². The van der Waals surface area contributed by atoms with E-state index in [4.69, 9.17) is 4.74 Å². The number of sulfonamides is 1. The molecule has 0 N–H and O–H groups in total. The van der Waals surface area contributed by atoms with Crippen LogP contribution in [0.15, 0.2) is 35.2 Å². The van der Waals surface area contributed by atoms with Gasteiger partial charge in [-0.15, -0.1) is 0 Å². The minimum Gasteiger partial charge on any atom is -0.449 e. The van der Waals surface area contributed by atoms with E-state index in [0.717, 1.165) is 10.7 Å². The van der Waals surface area contributed by atoms with Crippen molar-refractivity contribution in [3.05, 3.63) is 30.3 Å². The number of hydrogen-bond donors (Lipinski definition) is 0. The van der Waals surface area contributed by atoms with Crippen LogP contribution in [0.1, 0.15) is 19.3 Å². The van der Waals surface area contributed by atoms with Crippen molar-refractivity contribution >= 4 is 22.0 Å². The lowest BCUT2D eigenvalue weighted by atomic mass is 10.0. The number of amides is 2. The maximum absolute atomic E-state index is 12.5. The second kappa shape index (κ2) is 8.26. The summed E-state index contributed by atoms with van der Waals surface area (Å²) >= 11 is 0. The predicted molar refractivity (Wildman–Crippen MR) is 98.5 cm³/mol. The van der Waals surface area contributed by atoms with Crippen LogP contribution in [0.25, 0.3) is 0 Å². The highest BCUT2D eigenvalue weighted by Gasteiger charge is 2.33. The number of benzene rings is 1. The summed E-state index contributed by atoms with van der Waals surface area (Å²) < 4.78 is 31.2. The molecule has 27 heavy (non-hydrogen) atoms. The topological polar surface area (TPSA) is 87.2 Å². The third-order valence-electron chi connectivity index (χ3n) is 5.07. The Hall–Kier alpha value is -2.13. The maximum atomic E-state index is 12.5. The van der Waals surface area contributed by atoms with E-state index in [0.29, 0.717) is 39.1 Å². The zero-order valence-corrected chi connectivity index (χ0v) is 16.2. The Morgan fingerprint density at radius 3 is 2.48 bits per heavy atom. The lowest BCUT2D eigenvalue weighted by Gasteiger charge is -2.39. The van der Waals surface area contributed by atoms with Gasteiger partial charge in [-0.05, 0) is 31.4 Å². The van der Waals surface area contributed by atoms with Crippen LogP contribution in [-0.2, 0) is 19.6 Å². The average Bonchev–Trinajstić information content (AvgIpc) is 2.69. The number of likely N-dealkylation sites (N-methyl/N-ethyl adjacent to an activating group) is 1. The van der Waals surface area contributed by atoms with E-state index in [2.05, 4.69) is 0 Å². The Morgan fingerprint density at radius 1 is 1.19 bits per heavy atom. The third kappa shape index (κ3) is 4.41. The van der Waals surface area contributed by atoms with Crippen LogP contribution >= 0.6 is 0 Å². The van der Waals surface area contributed by atoms with Gasteiger partial charge in [-0.3, -0.25) is 4.79 Å². The molecule has 0 radical (unpaired) electrons. The van der Waals surface area contributed by atoms with Gasteiger partial charge >= 0.3 is 6.09 Å². The summed E-state index contributed by atoms with van der Waals surface area (Å²) in [5, 5.41) is 0. The number of hydrogen-bond acceptors (Lipinski definition) is 5. The molecule has 0 aliphatic carbocycles. The number of nitrogens with zero attached hydrogens (tertiary/aromatic N) is 3. The third-order valence-corrected chi connectivity index (χ3v) is 6.89. The number of ether oxygens (including phenoxy) is 1. The van der Waals surface area contributed by atoms with Crippen LogP contribution in [0.2, 0.25) is 0 Å². The standard InChI is InChI=1S/C18H25N3O5S/c1-19(27(24,25)16-6-3-2-4-7-16)14-17(22)20-11-8-15(9-12-20)21-10-5-13-26-18(21)23/h2-4,6-7,15H,5,8-14H2,1H3. The summed E-state index contributed by atoms with van der Waals surface area (Å²) in [6, 6.07) is 8.15. The number of rotatable bonds is 5. The van der Waals surface area contributed by atoms with E-state index >= 15 is 0 Å². The molecular formula is C18H25N3O5S. The van der Waals surface area contributed by atoms with Gasteiger partial charge in [0.25, 0.3) is 0 Å². The highest BCUT2D eigenvalue weighted by Crippen LogP contribution is 2.21. The first-order valence-electron chi connectivity index (χ1n) is 9.12. The Kier molecular flexibility index (Phi) is 6.01. The second-order valence-electron chi connectivity index (χ2n) is 6.85. The van der Waals surface area contributed by atoms with Gasteiger partial charge in [-0.25, -0.2) is 13.2 Å². The summed E-state index contributed by atoms with van der Waals surface area (Å²) in [7, 11) is -2.28. The summed E-state index contributed by atoms with van der Waals surface area (Å²) in [5.41, 5.74) is 0. The molecule has 0 spiro atoms.